The second-order valence-corrected chi connectivity index (χ2v) is 5.11. The Morgan fingerprint density at radius 2 is 2.15 bits per heavy atom. The number of hydrogen-bond acceptors (Lipinski definition) is 5. The third-order valence-corrected chi connectivity index (χ3v) is 3.11. The van der Waals surface area contributed by atoms with Crippen molar-refractivity contribution >= 4 is 17.2 Å². The third kappa shape index (κ3) is 3.07. The molecular weight excluding hydrogens is 260 g/mol. The van der Waals surface area contributed by atoms with Gasteiger partial charge in [-0.05, 0) is 32.4 Å². The van der Waals surface area contributed by atoms with E-state index in [9.17, 15) is 14.9 Å². The van der Waals surface area contributed by atoms with Crippen molar-refractivity contribution in [2.24, 2.45) is 0 Å². The van der Waals surface area contributed by atoms with E-state index in [-0.39, 0.29) is 29.9 Å². The highest BCUT2D eigenvalue weighted by Crippen LogP contribution is 2.38. The molecule has 0 spiro atoms. The van der Waals surface area contributed by atoms with Gasteiger partial charge in [-0.3, -0.25) is 14.9 Å². The van der Waals surface area contributed by atoms with Crippen LogP contribution in [0.25, 0.3) is 0 Å². The zero-order valence-electron chi connectivity index (χ0n) is 11.7. The number of rotatable bonds is 4. The number of hydrogen-bond donors (Lipinski definition) is 0. The van der Waals surface area contributed by atoms with Crippen LogP contribution in [0.15, 0.2) is 18.2 Å². The highest BCUT2D eigenvalue weighted by atomic mass is 16.6. The Bertz CT molecular complexity index is 528. The summed E-state index contributed by atoms with van der Waals surface area (Å²) in [6.45, 7) is 4.52. The predicted molar refractivity (Wildman–Crippen MR) is 75.3 cm³/mol. The molecule has 6 nitrogen and oxygen atoms in total. The Hall–Kier alpha value is -2.11. The van der Waals surface area contributed by atoms with Crippen molar-refractivity contribution in [2.75, 3.05) is 18.0 Å². The van der Waals surface area contributed by atoms with Crippen molar-refractivity contribution in [1.82, 2.24) is 0 Å². The van der Waals surface area contributed by atoms with E-state index < -0.39 is 4.92 Å². The summed E-state index contributed by atoms with van der Waals surface area (Å²) in [5.41, 5.74) is 0.400. The molecule has 0 bridgehead atoms. The molecule has 1 fully saturated rings. The molecule has 20 heavy (non-hydrogen) atoms. The summed E-state index contributed by atoms with van der Waals surface area (Å²) in [5, 5.41) is 11.4. The van der Waals surface area contributed by atoms with Crippen LogP contribution in [0.3, 0.4) is 0 Å². The number of nitrogens with zero attached hydrogens (tertiary/aromatic N) is 2. The quantitative estimate of drug-likeness (QED) is 0.625. The summed E-state index contributed by atoms with van der Waals surface area (Å²) in [6.07, 6.45) is 1.13. The molecule has 6 heteroatoms. The van der Waals surface area contributed by atoms with Crippen LogP contribution in [0, 0.1) is 10.1 Å². The lowest BCUT2D eigenvalue weighted by Crippen LogP contribution is -2.35. The minimum absolute atomic E-state index is 0.0594. The van der Waals surface area contributed by atoms with Gasteiger partial charge in [-0.15, -0.1) is 0 Å². The molecule has 2 rings (SSSR count). The molecule has 0 aliphatic carbocycles. The maximum Gasteiger partial charge on any atom is 0.333 e. The van der Waals surface area contributed by atoms with Gasteiger partial charge in [0, 0.05) is 13.0 Å². The minimum atomic E-state index is -0.438. The molecule has 0 atom stereocenters. The number of nitro benzene ring substituents is 1. The van der Waals surface area contributed by atoms with Gasteiger partial charge >= 0.3 is 5.69 Å². The average molecular weight is 278 g/mol. The van der Waals surface area contributed by atoms with E-state index in [0.29, 0.717) is 18.7 Å². The SMILES string of the molecule is CC(C)Oc1cccc(N2CCCC(=O)C2)c1[N+](=O)[O-]. The third-order valence-electron chi connectivity index (χ3n) is 3.11. The average Bonchev–Trinajstić information content (AvgIpc) is 2.37. The molecule has 0 radical (unpaired) electrons. The highest BCUT2D eigenvalue weighted by molar-refractivity contribution is 5.86. The first kappa shape index (κ1) is 14.3. The molecule has 1 aromatic rings. The number of Topliss-reactive ketones (excluding diaryl/α,β-unsaturated/α-hetero) is 1. The Balaban J connectivity index is 2.41. The van der Waals surface area contributed by atoms with Gasteiger partial charge < -0.3 is 9.64 Å². The van der Waals surface area contributed by atoms with Gasteiger partial charge in [0.25, 0.3) is 0 Å². The summed E-state index contributed by atoms with van der Waals surface area (Å²) in [5.74, 6) is 0.362. The van der Waals surface area contributed by atoms with Crippen LogP contribution in [0.5, 0.6) is 5.75 Å². The van der Waals surface area contributed by atoms with Crippen LogP contribution in [-0.4, -0.2) is 29.9 Å². The van der Waals surface area contributed by atoms with Crippen LogP contribution in [0.4, 0.5) is 11.4 Å². The number of anilines is 1. The van der Waals surface area contributed by atoms with Gasteiger partial charge in [0.2, 0.25) is 0 Å². The van der Waals surface area contributed by atoms with E-state index in [4.69, 9.17) is 4.74 Å². The number of carbonyl (C=O) groups excluding carboxylic acids is 1. The monoisotopic (exact) mass is 278 g/mol. The van der Waals surface area contributed by atoms with E-state index in [1.807, 2.05) is 13.8 Å². The number of nitro groups is 1. The fourth-order valence-corrected chi connectivity index (χ4v) is 2.34. The number of ketones is 1. The summed E-state index contributed by atoms with van der Waals surface area (Å²) >= 11 is 0. The van der Waals surface area contributed by atoms with Crippen LogP contribution in [-0.2, 0) is 4.79 Å². The van der Waals surface area contributed by atoms with E-state index in [1.54, 1.807) is 23.1 Å². The lowest BCUT2D eigenvalue weighted by Gasteiger charge is -2.28. The Morgan fingerprint density at radius 3 is 2.75 bits per heavy atom. The van der Waals surface area contributed by atoms with Gasteiger partial charge in [0.05, 0.1) is 17.6 Å². The molecule has 0 amide bonds. The maximum atomic E-state index is 11.5. The second kappa shape index (κ2) is 5.90. The molecule has 0 saturated carbocycles. The van der Waals surface area contributed by atoms with Crippen LogP contribution in [0.2, 0.25) is 0 Å². The fourth-order valence-electron chi connectivity index (χ4n) is 2.34. The largest absolute Gasteiger partial charge is 0.484 e. The van der Waals surface area contributed by atoms with Crippen molar-refractivity contribution in [1.29, 1.82) is 0 Å². The number of benzene rings is 1. The molecule has 0 N–H and O–H groups in total. The first-order valence-electron chi connectivity index (χ1n) is 6.69. The first-order chi connectivity index (χ1) is 9.49. The van der Waals surface area contributed by atoms with Crippen molar-refractivity contribution in [3.8, 4) is 5.75 Å². The summed E-state index contributed by atoms with van der Waals surface area (Å²) in [6, 6.07) is 4.98. The van der Waals surface area contributed by atoms with Crippen LogP contribution in [0.1, 0.15) is 26.7 Å². The van der Waals surface area contributed by atoms with Gasteiger partial charge in [-0.25, -0.2) is 0 Å². The fraction of sp³-hybridized carbons (Fsp3) is 0.500. The maximum absolute atomic E-state index is 11.5. The lowest BCUT2D eigenvalue weighted by molar-refractivity contribution is -0.385. The highest BCUT2D eigenvalue weighted by Gasteiger charge is 2.28. The van der Waals surface area contributed by atoms with Gasteiger partial charge in [0.15, 0.2) is 11.5 Å². The summed E-state index contributed by atoms with van der Waals surface area (Å²) in [7, 11) is 0. The number of piperidine rings is 1. The van der Waals surface area contributed by atoms with E-state index >= 15 is 0 Å². The van der Waals surface area contributed by atoms with Crippen molar-refractivity contribution in [2.45, 2.75) is 32.8 Å². The molecule has 1 aliphatic heterocycles. The topological polar surface area (TPSA) is 72.7 Å². The number of para-hydroxylation sites is 1. The van der Waals surface area contributed by atoms with Crippen molar-refractivity contribution in [3.05, 3.63) is 28.3 Å². The molecule has 0 aromatic heterocycles. The summed E-state index contributed by atoms with van der Waals surface area (Å²) in [4.78, 5) is 24.2. The molecule has 1 aliphatic rings. The van der Waals surface area contributed by atoms with Gasteiger partial charge in [-0.2, -0.15) is 0 Å². The van der Waals surface area contributed by atoms with Crippen LogP contribution >= 0.6 is 0 Å². The standard InChI is InChI=1S/C14H18N2O4/c1-10(2)20-13-7-3-6-12(14(13)16(18)19)15-8-4-5-11(17)9-15/h3,6-7,10H,4-5,8-9H2,1-2H3. The van der Waals surface area contributed by atoms with Gasteiger partial charge in [0.1, 0.15) is 5.69 Å². The molecule has 1 aromatic carbocycles. The minimum Gasteiger partial charge on any atom is -0.484 e. The normalized spacial score (nSPS) is 15.6. The Labute approximate surface area is 117 Å². The van der Waals surface area contributed by atoms with Gasteiger partial charge in [-0.1, -0.05) is 6.07 Å². The Morgan fingerprint density at radius 1 is 1.40 bits per heavy atom. The van der Waals surface area contributed by atoms with E-state index in [1.165, 1.54) is 0 Å². The zero-order valence-corrected chi connectivity index (χ0v) is 11.7. The number of carbonyl (C=O) groups is 1. The Kier molecular flexibility index (Phi) is 4.22. The second-order valence-electron chi connectivity index (χ2n) is 5.11. The summed E-state index contributed by atoms with van der Waals surface area (Å²) < 4.78 is 5.51. The smallest absolute Gasteiger partial charge is 0.333 e. The molecule has 0 unspecified atom stereocenters. The molecular formula is C14H18N2O4. The molecule has 108 valence electrons. The van der Waals surface area contributed by atoms with Crippen LogP contribution < -0.4 is 9.64 Å². The van der Waals surface area contributed by atoms with E-state index in [0.717, 1.165) is 6.42 Å². The predicted octanol–water partition coefficient (Wildman–Crippen LogP) is 2.55. The molecule has 1 heterocycles. The van der Waals surface area contributed by atoms with Crippen molar-refractivity contribution < 1.29 is 14.5 Å². The van der Waals surface area contributed by atoms with Crippen molar-refractivity contribution in [3.63, 3.8) is 0 Å². The molecule has 1 saturated heterocycles. The van der Waals surface area contributed by atoms with E-state index in [2.05, 4.69) is 0 Å². The lowest BCUT2D eigenvalue weighted by atomic mass is 10.1. The number of ether oxygens (including phenoxy) is 1. The first-order valence-corrected chi connectivity index (χ1v) is 6.69. The zero-order chi connectivity index (χ0) is 14.7.